The number of rotatable bonds is 5. The molecule has 2 aromatic rings. The van der Waals surface area contributed by atoms with Gasteiger partial charge in [-0.25, -0.2) is 9.59 Å². The van der Waals surface area contributed by atoms with Gasteiger partial charge in [-0.1, -0.05) is 25.3 Å². The minimum atomic E-state index is -1.33. The van der Waals surface area contributed by atoms with Crippen molar-refractivity contribution < 1.29 is 24.2 Å². The summed E-state index contributed by atoms with van der Waals surface area (Å²) in [5, 5.41) is 10.9. The van der Waals surface area contributed by atoms with E-state index in [0.717, 1.165) is 10.9 Å². The number of aliphatic hydroxyl groups excluding tert-OH is 1. The Morgan fingerprint density at radius 2 is 1.92 bits per heavy atom. The normalized spacial score (nSPS) is 16.4. The van der Waals surface area contributed by atoms with E-state index in [1.807, 2.05) is 6.07 Å². The third kappa shape index (κ3) is 3.60. The van der Waals surface area contributed by atoms with E-state index in [0.29, 0.717) is 11.5 Å². The van der Waals surface area contributed by atoms with Crippen molar-refractivity contribution in [3.8, 4) is 0 Å². The molecule has 6 nitrogen and oxygen atoms in total. The molecule has 0 saturated heterocycles. The van der Waals surface area contributed by atoms with Gasteiger partial charge in [0.2, 0.25) is 0 Å². The number of benzene rings is 1. The highest BCUT2D eigenvalue weighted by Crippen LogP contribution is 2.35. The van der Waals surface area contributed by atoms with Crippen LogP contribution in [0.25, 0.3) is 10.9 Å². The van der Waals surface area contributed by atoms with Crippen LogP contribution in [0.4, 0.5) is 0 Å². The zero-order valence-corrected chi connectivity index (χ0v) is 15.2. The average Bonchev–Trinajstić information content (AvgIpc) is 3.05. The molecule has 1 saturated carbocycles. The van der Waals surface area contributed by atoms with Gasteiger partial charge in [0.15, 0.2) is 6.10 Å². The smallest absolute Gasteiger partial charge is 0.354 e. The molecular weight excluding hydrogens is 334 g/mol. The van der Waals surface area contributed by atoms with Crippen molar-refractivity contribution in [1.82, 2.24) is 4.98 Å². The quantitative estimate of drug-likeness (QED) is 0.801. The van der Waals surface area contributed by atoms with Gasteiger partial charge in [0.1, 0.15) is 5.69 Å². The standard InChI is InChI=1S/C20H25NO5/c1-25-19(23)17(22)11-15-14-10-13(12-6-4-3-5-7-12)8-9-16(14)21-18(15)20(24)26-2/h8-10,12,17,21-22H,3-7,11H2,1-2H3. The highest BCUT2D eigenvalue weighted by atomic mass is 16.5. The van der Waals surface area contributed by atoms with Crippen molar-refractivity contribution in [2.75, 3.05) is 14.2 Å². The molecule has 1 unspecified atom stereocenters. The van der Waals surface area contributed by atoms with Crippen LogP contribution in [0.2, 0.25) is 0 Å². The maximum Gasteiger partial charge on any atom is 0.354 e. The molecule has 1 aliphatic carbocycles. The van der Waals surface area contributed by atoms with E-state index in [2.05, 4.69) is 21.9 Å². The number of carbonyl (C=O) groups is 2. The number of H-pyrrole nitrogens is 1. The second-order valence-corrected chi connectivity index (χ2v) is 6.85. The molecule has 0 amide bonds. The number of aliphatic hydroxyl groups is 1. The minimum absolute atomic E-state index is 0.00870. The Bertz CT molecular complexity index is 804. The molecule has 0 bridgehead atoms. The number of esters is 2. The SMILES string of the molecule is COC(=O)c1[nH]c2ccc(C3CCCCC3)cc2c1CC(O)C(=O)OC. The second kappa shape index (κ2) is 7.91. The fraction of sp³-hybridized carbons (Fsp3) is 0.500. The molecule has 1 fully saturated rings. The molecule has 0 spiro atoms. The molecule has 1 heterocycles. The van der Waals surface area contributed by atoms with Crippen molar-refractivity contribution >= 4 is 22.8 Å². The fourth-order valence-corrected chi connectivity index (χ4v) is 3.86. The Hall–Kier alpha value is -2.34. The van der Waals surface area contributed by atoms with Gasteiger partial charge in [0.25, 0.3) is 0 Å². The lowest BCUT2D eigenvalue weighted by atomic mass is 9.83. The minimum Gasteiger partial charge on any atom is -0.467 e. The van der Waals surface area contributed by atoms with Gasteiger partial charge in [-0.2, -0.15) is 0 Å². The zero-order valence-electron chi connectivity index (χ0n) is 15.2. The van der Waals surface area contributed by atoms with Crippen molar-refractivity contribution in [3.05, 3.63) is 35.0 Å². The van der Waals surface area contributed by atoms with Crippen LogP contribution in [0.15, 0.2) is 18.2 Å². The van der Waals surface area contributed by atoms with Gasteiger partial charge in [-0.3, -0.25) is 0 Å². The first-order valence-electron chi connectivity index (χ1n) is 9.03. The number of hydrogen-bond donors (Lipinski definition) is 2. The Labute approximate surface area is 152 Å². The number of methoxy groups -OCH3 is 2. The lowest BCUT2D eigenvalue weighted by Gasteiger charge is -2.22. The summed E-state index contributed by atoms with van der Waals surface area (Å²) < 4.78 is 9.46. The van der Waals surface area contributed by atoms with Gasteiger partial charge in [-0.05, 0) is 42.0 Å². The highest BCUT2D eigenvalue weighted by molar-refractivity contribution is 5.99. The Morgan fingerprint density at radius 3 is 2.58 bits per heavy atom. The van der Waals surface area contributed by atoms with E-state index in [4.69, 9.17) is 4.74 Å². The van der Waals surface area contributed by atoms with Crippen molar-refractivity contribution in [1.29, 1.82) is 0 Å². The first-order valence-corrected chi connectivity index (χ1v) is 9.03. The summed E-state index contributed by atoms with van der Waals surface area (Å²) in [5.74, 6) is -0.728. The summed E-state index contributed by atoms with van der Waals surface area (Å²) in [6, 6.07) is 6.13. The van der Waals surface area contributed by atoms with E-state index in [9.17, 15) is 14.7 Å². The Balaban J connectivity index is 2.04. The molecule has 1 aromatic carbocycles. The van der Waals surface area contributed by atoms with Crippen LogP contribution >= 0.6 is 0 Å². The van der Waals surface area contributed by atoms with Gasteiger partial charge in [0.05, 0.1) is 14.2 Å². The number of aromatic amines is 1. The summed E-state index contributed by atoms with van der Waals surface area (Å²) in [6.45, 7) is 0. The number of fused-ring (bicyclic) bond motifs is 1. The Morgan fingerprint density at radius 1 is 1.19 bits per heavy atom. The van der Waals surface area contributed by atoms with Crippen molar-refractivity contribution in [2.45, 2.75) is 50.5 Å². The van der Waals surface area contributed by atoms with Crippen LogP contribution in [-0.4, -0.2) is 42.4 Å². The highest BCUT2D eigenvalue weighted by Gasteiger charge is 2.25. The molecule has 3 rings (SSSR count). The zero-order chi connectivity index (χ0) is 18.7. The average molecular weight is 359 g/mol. The lowest BCUT2D eigenvalue weighted by Crippen LogP contribution is -2.25. The van der Waals surface area contributed by atoms with Crippen molar-refractivity contribution in [3.63, 3.8) is 0 Å². The van der Waals surface area contributed by atoms with E-state index >= 15 is 0 Å². The number of ether oxygens (including phenoxy) is 2. The fourth-order valence-electron chi connectivity index (χ4n) is 3.86. The third-order valence-electron chi connectivity index (χ3n) is 5.27. The summed E-state index contributed by atoms with van der Waals surface area (Å²) in [5.41, 5.74) is 2.88. The van der Waals surface area contributed by atoms with Crippen LogP contribution in [0.5, 0.6) is 0 Å². The molecule has 1 aliphatic rings. The Kier molecular flexibility index (Phi) is 5.61. The molecule has 1 atom stereocenters. The predicted molar refractivity (Wildman–Crippen MR) is 97.2 cm³/mol. The van der Waals surface area contributed by atoms with E-state index in [1.165, 1.54) is 51.9 Å². The second-order valence-electron chi connectivity index (χ2n) is 6.85. The molecule has 1 aromatic heterocycles. The lowest BCUT2D eigenvalue weighted by molar-refractivity contribution is -0.150. The van der Waals surface area contributed by atoms with E-state index in [1.54, 1.807) is 0 Å². The van der Waals surface area contributed by atoms with Crippen LogP contribution in [0.3, 0.4) is 0 Å². The van der Waals surface area contributed by atoms with Crippen LogP contribution in [0.1, 0.15) is 59.6 Å². The molecule has 0 aliphatic heterocycles. The molecule has 6 heteroatoms. The maximum absolute atomic E-state index is 12.2. The predicted octanol–water partition coefficient (Wildman–Crippen LogP) is 3.08. The first kappa shape index (κ1) is 18.5. The summed E-state index contributed by atoms with van der Waals surface area (Å²) in [6.07, 6.45) is 4.74. The van der Waals surface area contributed by atoms with Crippen LogP contribution in [-0.2, 0) is 20.7 Å². The van der Waals surface area contributed by atoms with Gasteiger partial charge >= 0.3 is 11.9 Å². The number of nitrogens with one attached hydrogen (secondary N) is 1. The number of aromatic nitrogens is 1. The summed E-state index contributed by atoms with van der Waals surface area (Å²) >= 11 is 0. The van der Waals surface area contributed by atoms with Gasteiger partial charge in [-0.15, -0.1) is 0 Å². The van der Waals surface area contributed by atoms with Gasteiger partial charge < -0.3 is 19.6 Å². The molecule has 0 radical (unpaired) electrons. The molecular formula is C20H25NO5. The number of carbonyl (C=O) groups excluding carboxylic acids is 2. The molecule has 2 N–H and O–H groups in total. The van der Waals surface area contributed by atoms with E-state index in [-0.39, 0.29) is 12.1 Å². The monoisotopic (exact) mass is 359 g/mol. The topological polar surface area (TPSA) is 88.6 Å². The van der Waals surface area contributed by atoms with E-state index < -0.39 is 18.0 Å². The van der Waals surface area contributed by atoms with Crippen molar-refractivity contribution in [2.24, 2.45) is 0 Å². The third-order valence-corrected chi connectivity index (χ3v) is 5.27. The first-order chi connectivity index (χ1) is 12.5. The largest absolute Gasteiger partial charge is 0.467 e. The van der Waals surface area contributed by atoms with Crippen LogP contribution in [0, 0.1) is 0 Å². The summed E-state index contributed by atoms with van der Waals surface area (Å²) in [7, 11) is 2.53. The van der Waals surface area contributed by atoms with Gasteiger partial charge in [0, 0.05) is 17.3 Å². The van der Waals surface area contributed by atoms with Crippen LogP contribution < -0.4 is 0 Å². The molecule has 26 heavy (non-hydrogen) atoms. The maximum atomic E-state index is 12.2. The molecule has 140 valence electrons. The summed E-state index contributed by atoms with van der Waals surface area (Å²) in [4.78, 5) is 26.9. The number of hydrogen-bond acceptors (Lipinski definition) is 5.